The molecule has 6 nitrogen and oxygen atoms in total. The van der Waals surface area contributed by atoms with E-state index in [4.69, 9.17) is 0 Å². The van der Waals surface area contributed by atoms with Crippen LogP contribution >= 0.6 is 0 Å². The molecule has 144 valence electrons. The molecule has 1 saturated carbocycles. The van der Waals surface area contributed by atoms with Crippen molar-refractivity contribution >= 4 is 5.91 Å². The third-order valence-corrected chi connectivity index (χ3v) is 5.00. The minimum Gasteiger partial charge on any atom is -0.356 e. The molecule has 0 spiro atoms. The van der Waals surface area contributed by atoms with Gasteiger partial charge in [-0.1, -0.05) is 31.4 Å². The number of halogens is 1. The van der Waals surface area contributed by atoms with Crippen molar-refractivity contribution in [3.63, 3.8) is 0 Å². The average molecular weight is 372 g/mol. The van der Waals surface area contributed by atoms with Gasteiger partial charge in [-0.2, -0.15) is 0 Å². The van der Waals surface area contributed by atoms with Gasteiger partial charge in [-0.25, -0.2) is 4.39 Å². The van der Waals surface area contributed by atoms with Crippen molar-refractivity contribution in [1.29, 1.82) is 0 Å². The third-order valence-electron chi connectivity index (χ3n) is 5.00. The Bertz CT molecular complexity index is 813. The SMILES string of the molecule is O=C(CCc1nnc(Cc2ccc(F)cc2)[nH]c1=O)NCC1CCCCC1. The number of H-pyrrole nitrogens is 1. The molecule has 27 heavy (non-hydrogen) atoms. The van der Waals surface area contributed by atoms with Crippen molar-refractivity contribution in [2.24, 2.45) is 5.92 Å². The smallest absolute Gasteiger partial charge is 0.272 e. The molecule has 0 bridgehead atoms. The molecule has 1 heterocycles. The highest BCUT2D eigenvalue weighted by molar-refractivity contribution is 5.76. The van der Waals surface area contributed by atoms with E-state index in [1.807, 2.05) is 0 Å². The highest BCUT2D eigenvalue weighted by atomic mass is 19.1. The van der Waals surface area contributed by atoms with Gasteiger partial charge in [0.05, 0.1) is 0 Å². The van der Waals surface area contributed by atoms with Crippen LogP contribution in [0, 0.1) is 11.7 Å². The number of aromatic nitrogens is 3. The molecule has 1 fully saturated rings. The van der Waals surface area contributed by atoms with Gasteiger partial charge in [-0.05, 0) is 36.5 Å². The molecule has 3 rings (SSSR count). The van der Waals surface area contributed by atoms with E-state index in [0.29, 0.717) is 18.2 Å². The molecule has 1 aromatic carbocycles. The number of rotatable bonds is 7. The van der Waals surface area contributed by atoms with Crippen LogP contribution in [0.1, 0.15) is 55.6 Å². The summed E-state index contributed by atoms with van der Waals surface area (Å²) in [6.45, 7) is 0.720. The molecule has 1 aliphatic carbocycles. The van der Waals surface area contributed by atoms with Crippen LogP contribution in [0.4, 0.5) is 4.39 Å². The number of amides is 1. The van der Waals surface area contributed by atoms with Crippen LogP contribution in [-0.4, -0.2) is 27.6 Å². The van der Waals surface area contributed by atoms with E-state index in [-0.39, 0.29) is 35.8 Å². The van der Waals surface area contributed by atoms with E-state index < -0.39 is 0 Å². The van der Waals surface area contributed by atoms with Gasteiger partial charge in [0, 0.05) is 25.8 Å². The zero-order valence-electron chi connectivity index (χ0n) is 15.3. The zero-order valence-corrected chi connectivity index (χ0v) is 15.3. The molecule has 0 atom stereocenters. The normalized spacial score (nSPS) is 14.9. The molecule has 7 heteroatoms. The molecule has 0 saturated heterocycles. The Balaban J connectivity index is 1.47. The van der Waals surface area contributed by atoms with Gasteiger partial charge in [0.25, 0.3) is 5.56 Å². The maximum absolute atomic E-state index is 12.9. The lowest BCUT2D eigenvalue weighted by molar-refractivity contribution is -0.121. The van der Waals surface area contributed by atoms with Gasteiger partial charge in [-0.15, -0.1) is 10.2 Å². The predicted molar refractivity (Wildman–Crippen MR) is 99.8 cm³/mol. The minimum atomic E-state index is -0.331. The summed E-state index contributed by atoms with van der Waals surface area (Å²) in [7, 11) is 0. The molecular weight excluding hydrogens is 347 g/mol. The van der Waals surface area contributed by atoms with Crippen LogP contribution in [0.15, 0.2) is 29.1 Å². The Morgan fingerprint density at radius 1 is 1.15 bits per heavy atom. The Morgan fingerprint density at radius 2 is 1.89 bits per heavy atom. The standard InChI is InChI=1S/C20H25FN4O2/c21-16-8-6-14(7-9-16)12-18-23-20(27)17(24-25-18)10-11-19(26)22-13-15-4-2-1-3-5-15/h6-9,15H,1-5,10-13H2,(H,22,26)(H,23,25,27). The number of aromatic amines is 1. The van der Waals surface area contributed by atoms with E-state index >= 15 is 0 Å². The first-order valence-electron chi connectivity index (χ1n) is 9.56. The van der Waals surface area contributed by atoms with Gasteiger partial charge in [0.15, 0.2) is 0 Å². The van der Waals surface area contributed by atoms with Crippen LogP contribution in [0.5, 0.6) is 0 Å². The summed E-state index contributed by atoms with van der Waals surface area (Å²) >= 11 is 0. The molecule has 2 aromatic rings. The Morgan fingerprint density at radius 3 is 2.59 bits per heavy atom. The number of nitrogens with one attached hydrogen (secondary N) is 2. The van der Waals surface area contributed by atoms with E-state index in [9.17, 15) is 14.0 Å². The quantitative estimate of drug-likeness (QED) is 0.782. The molecular formula is C20H25FN4O2. The summed E-state index contributed by atoms with van der Waals surface area (Å²) < 4.78 is 12.9. The van der Waals surface area contributed by atoms with Crippen molar-refractivity contribution < 1.29 is 9.18 Å². The number of hydrogen-bond acceptors (Lipinski definition) is 4. The van der Waals surface area contributed by atoms with Crippen LogP contribution in [0.3, 0.4) is 0 Å². The van der Waals surface area contributed by atoms with Gasteiger partial charge < -0.3 is 10.3 Å². The fourth-order valence-electron chi connectivity index (χ4n) is 3.40. The zero-order chi connectivity index (χ0) is 19.1. The molecule has 1 aromatic heterocycles. The van der Waals surface area contributed by atoms with Gasteiger partial charge in [0.2, 0.25) is 5.91 Å². The summed E-state index contributed by atoms with van der Waals surface area (Å²) in [6.07, 6.45) is 7.00. The van der Waals surface area contributed by atoms with Crippen molar-refractivity contribution in [2.45, 2.75) is 51.4 Å². The fraction of sp³-hybridized carbons (Fsp3) is 0.500. The first-order valence-corrected chi connectivity index (χ1v) is 9.56. The van der Waals surface area contributed by atoms with E-state index in [2.05, 4.69) is 20.5 Å². The first kappa shape index (κ1) is 19.2. The number of benzene rings is 1. The average Bonchev–Trinajstić information content (AvgIpc) is 2.68. The van der Waals surface area contributed by atoms with Gasteiger partial charge in [0.1, 0.15) is 17.3 Å². The summed E-state index contributed by atoms with van der Waals surface area (Å²) in [5, 5.41) is 11.0. The number of hydrogen-bond donors (Lipinski definition) is 2. The molecule has 1 aliphatic rings. The Hall–Kier alpha value is -2.57. The lowest BCUT2D eigenvalue weighted by atomic mass is 9.89. The van der Waals surface area contributed by atoms with E-state index in [1.165, 1.54) is 44.2 Å². The predicted octanol–water partition coefficient (Wildman–Crippen LogP) is 2.52. The topological polar surface area (TPSA) is 87.7 Å². The number of carbonyl (C=O) groups is 1. The minimum absolute atomic E-state index is 0.0582. The monoisotopic (exact) mass is 372 g/mol. The lowest BCUT2D eigenvalue weighted by Crippen LogP contribution is -2.31. The van der Waals surface area contributed by atoms with E-state index in [1.54, 1.807) is 12.1 Å². The highest BCUT2D eigenvalue weighted by Crippen LogP contribution is 2.22. The second-order valence-electron chi connectivity index (χ2n) is 7.16. The fourth-order valence-corrected chi connectivity index (χ4v) is 3.40. The molecule has 0 radical (unpaired) electrons. The first-order chi connectivity index (χ1) is 13.1. The molecule has 0 aliphatic heterocycles. The maximum atomic E-state index is 12.9. The largest absolute Gasteiger partial charge is 0.356 e. The lowest BCUT2D eigenvalue weighted by Gasteiger charge is -2.21. The van der Waals surface area contributed by atoms with Gasteiger partial charge in [-0.3, -0.25) is 9.59 Å². The summed E-state index contributed by atoms with van der Waals surface area (Å²) in [5.41, 5.74) is 0.754. The maximum Gasteiger partial charge on any atom is 0.272 e. The third kappa shape index (κ3) is 5.98. The summed E-state index contributed by atoms with van der Waals surface area (Å²) in [4.78, 5) is 26.8. The van der Waals surface area contributed by atoms with Crippen LogP contribution in [-0.2, 0) is 17.6 Å². The summed E-state index contributed by atoms with van der Waals surface area (Å²) in [5.74, 6) is 0.626. The number of nitrogens with zero attached hydrogens (tertiary/aromatic N) is 2. The van der Waals surface area contributed by atoms with Crippen LogP contribution < -0.4 is 10.9 Å². The molecule has 2 N–H and O–H groups in total. The van der Waals surface area contributed by atoms with Crippen molar-refractivity contribution in [2.75, 3.05) is 6.54 Å². The van der Waals surface area contributed by atoms with Gasteiger partial charge >= 0.3 is 0 Å². The second kappa shape index (κ2) is 9.39. The van der Waals surface area contributed by atoms with Crippen LogP contribution in [0.25, 0.3) is 0 Å². The number of aryl methyl sites for hydroxylation is 1. The van der Waals surface area contributed by atoms with Crippen molar-refractivity contribution in [1.82, 2.24) is 20.5 Å². The number of carbonyl (C=O) groups excluding carboxylic acids is 1. The molecule has 1 amide bonds. The van der Waals surface area contributed by atoms with Crippen molar-refractivity contribution in [3.8, 4) is 0 Å². The van der Waals surface area contributed by atoms with Crippen molar-refractivity contribution in [3.05, 3.63) is 57.5 Å². The Labute approximate surface area is 157 Å². The van der Waals surface area contributed by atoms with E-state index in [0.717, 1.165) is 12.1 Å². The molecule has 0 unspecified atom stereocenters. The Kier molecular flexibility index (Phi) is 6.68. The summed E-state index contributed by atoms with van der Waals surface area (Å²) in [6, 6.07) is 6.00. The van der Waals surface area contributed by atoms with Crippen LogP contribution in [0.2, 0.25) is 0 Å². The highest BCUT2D eigenvalue weighted by Gasteiger charge is 2.15. The second-order valence-corrected chi connectivity index (χ2v) is 7.16.